The summed E-state index contributed by atoms with van der Waals surface area (Å²) < 4.78 is 36.2. The molecule has 6 aliphatic rings. The fourth-order valence-corrected chi connectivity index (χ4v) is 9.79. The van der Waals surface area contributed by atoms with Gasteiger partial charge in [-0.1, -0.05) is 13.8 Å². The Hall–Kier alpha value is -3.16. The molecule has 5 unspecified atom stereocenters. The van der Waals surface area contributed by atoms with Gasteiger partial charge in [-0.3, -0.25) is 10.2 Å². The van der Waals surface area contributed by atoms with Crippen molar-refractivity contribution in [1.29, 1.82) is 0 Å². The molecule has 230 valence electrons. The molecule has 1 amide bonds. The third-order valence-electron chi connectivity index (χ3n) is 10.6. The van der Waals surface area contributed by atoms with Gasteiger partial charge in [0.15, 0.2) is 21.5 Å². The van der Waals surface area contributed by atoms with Gasteiger partial charge in [-0.15, -0.1) is 0 Å². The van der Waals surface area contributed by atoms with Crippen LogP contribution in [0.25, 0.3) is 0 Å². The number of fused-ring (bicyclic) bond motifs is 6. The highest BCUT2D eigenvalue weighted by atomic mass is 32.2. The molecule has 4 fully saturated rings. The molecule has 1 spiro atoms. The van der Waals surface area contributed by atoms with Crippen LogP contribution in [0, 0.1) is 17.8 Å². The highest BCUT2D eigenvalue weighted by molar-refractivity contribution is 7.91. The van der Waals surface area contributed by atoms with E-state index in [0.29, 0.717) is 54.1 Å². The Kier molecular flexibility index (Phi) is 6.16. The summed E-state index contributed by atoms with van der Waals surface area (Å²) in [6, 6.07) is 5.93. The number of nitrogens with zero attached hydrogens (tertiary/aromatic N) is 3. The fraction of sp³-hybridized carbons (Fsp3) is 0.633. The number of rotatable bonds is 5. The van der Waals surface area contributed by atoms with Crippen LogP contribution in [-0.4, -0.2) is 74.3 Å². The predicted octanol–water partition coefficient (Wildman–Crippen LogP) is 2.15. The average molecular weight is 610 g/mol. The first kappa shape index (κ1) is 27.4. The summed E-state index contributed by atoms with van der Waals surface area (Å²) >= 11 is 0. The largest absolute Gasteiger partial charge is 0.497 e. The zero-order valence-electron chi connectivity index (χ0n) is 24.7. The lowest BCUT2D eigenvalue weighted by atomic mass is 9.74. The number of hydrogen-bond donors (Lipinski definition) is 4. The summed E-state index contributed by atoms with van der Waals surface area (Å²) in [5.74, 6) is 4.96. The van der Waals surface area contributed by atoms with Crippen LogP contribution in [0.5, 0.6) is 11.5 Å². The first-order valence-corrected chi connectivity index (χ1v) is 17.3. The first-order valence-electron chi connectivity index (χ1n) is 15.5. The molecular weight excluding hydrogens is 570 g/mol. The van der Waals surface area contributed by atoms with Crippen LogP contribution < -0.4 is 35.9 Å². The Labute approximate surface area is 251 Å². The Bertz CT molecular complexity index is 1600. The molecule has 1 aromatic carbocycles. The number of amides is 1. The number of carbonyl (C=O) groups excluding carboxylic acids is 1. The summed E-state index contributed by atoms with van der Waals surface area (Å²) in [6.07, 6.45) is 3.90. The van der Waals surface area contributed by atoms with E-state index >= 15 is 0 Å². The third kappa shape index (κ3) is 4.29. The van der Waals surface area contributed by atoms with Gasteiger partial charge in [0.25, 0.3) is 0 Å². The average Bonchev–Trinajstić information content (AvgIpc) is 3.54. The molecule has 5 heterocycles. The molecule has 4 aliphatic heterocycles. The summed E-state index contributed by atoms with van der Waals surface area (Å²) in [5, 5.41) is 6.76. The fourth-order valence-electron chi connectivity index (χ4n) is 8.29. The van der Waals surface area contributed by atoms with Crippen LogP contribution in [0.3, 0.4) is 0 Å². The predicted molar refractivity (Wildman–Crippen MR) is 161 cm³/mol. The Morgan fingerprint density at radius 2 is 2.07 bits per heavy atom. The van der Waals surface area contributed by atoms with E-state index in [0.717, 1.165) is 42.7 Å². The second-order valence-electron chi connectivity index (χ2n) is 13.4. The molecule has 12 nitrogen and oxygen atoms in total. The molecule has 2 saturated heterocycles. The van der Waals surface area contributed by atoms with E-state index in [1.807, 2.05) is 18.2 Å². The lowest BCUT2D eigenvalue weighted by Crippen LogP contribution is -2.54. The minimum atomic E-state index is -3.09. The highest BCUT2D eigenvalue weighted by Crippen LogP contribution is 2.65. The normalized spacial score (nSPS) is 35.0. The molecule has 7 atom stereocenters. The van der Waals surface area contributed by atoms with E-state index in [4.69, 9.17) is 19.4 Å². The van der Waals surface area contributed by atoms with E-state index < -0.39 is 15.3 Å². The van der Waals surface area contributed by atoms with Gasteiger partial charge in [-0.25, -0.2) is 23.8 Å². The van der Waals surface area contributed by atoms with Crippen molar-refractivity contribution >= 4 is 33.1 Å². The number of benzene rings is 1. The van der Waals surface area contributed by atoms with E-state index in [9.17, 15) is 13.2 Å². The number of ether oxygens (including phenoxy) is 2. The van der Waals surface area contributed by atoms with Gasteiger partial charge >= 0.3 is 0 Å². The molecule has 43 heavy (non-hydrogen) atoms. The van der Waals surface area contributed by atoms with Gasteiger partial charge in [-0.2, -0.15) is 0 Å². The Morgan fingerprint density at radius 1 is 1.21 bits per heavy atom. The van der Waals surface area contributed by atoms with Crippen molar-refractivity contribution in [3.63, 3.8) is 0 Å². The van der Waals surface area contributed by atoms with Crippen molar-refractivity contribution in [3.05, 3.63) is 29.6 Å². The molecule has 2 aromatic rings. The number of aromatic nitrogens is 2. The smallest absolute Gasteiger partial charge is 0.235 e. The SMILES string of the molecule is COc1ccc2c(c1)[C@]1(C[C@H]1C1CCC3C(C1)NNC3Nc1nc(C(C)C)nc3c1OCC1CS(=O)(=O)CCN31)C(=O)N2. The summed E-state index contributed by atoms with van der Waals surface area (Å²) in [5.41, 5.74) is 8.61. The maximum Gasteiger partial charge on any atom is 0.235 e. The minimum absolute atomic E-state index is 0.0547. The van der Waals surface area contributed by atoms with Crippen molar-refractivity contribution in [2.24, 2.45) is 17.8 Å². The van der Waals surface area contributed by atoms with E-state index in [1.165, 1.54) is 0 Å². The minimum Gasteiger partial charge on any atom is -0.497 e. The topological polar surface area (TPSA) is 147 Å². The van der Waals surface area contributed by atoms with Gasteiger partial charge in [0.05, 0.1) is 36.2 Å². The maximum atomic E-state index is 13.2. The second kappa shape index (κ2) is 9.67. The van der Waals surface area contributed by atoms with Crippen molar-refractivity contribution in [2.45, 2.75) is 69.1 Å². The molecular formula is C30H39N7O5S. The summed E-state index contributed by atoms with van der Waals surface area (Å²) in [7, 11) is -1.42. The standard InChI is InChI=1S/C30H39N7O5S/c1-15(2)25-32-27(24-28(34-25)37-8-9-43(39,40)14-17(37)13-42-24)33-26-19-6-4-16(10-23(19)35-36-26)21-12-30(21)20-11-18(41-3)5-7-22(20)31-29(30)38/h5,7,11,15-17,19,21,23,26,35-36H,4,6,8-10,12-14H2,1-3H3,(H,31,38)(H,32,33,34)/t16?,17?,19?,21-,23?,26?,30-/m0/s1. The quantitative estimate of drug-likeness (QED) is 0.395. The lowest BCUT2D eigenvalue weighted by molar-refractivity contribution is -0.118. The van der Waals surface area contributed by atoms with Crippen LogP contribution >= 0.6 is 0 Å². The Morgan fingerprint density at radius 3 is 2.88 bits per heavy atom. The van der Waals surface area contributed by atoms with Crippen LogP contribution in [0.2, 0.25) is 0 Å². The van der Waals surface area contributed by atoms with Crippen LogP contribution in [0.1, 0.15) is 56.8 Å². The van der Waals surface area contributed by atoms with Crippen LogP contribution in [0.15, 0.2) is 18.2 Å². The number of methoxy groups -OCH3 is 1. The molecule has 1 aromatic heterocycles. The van der Waals surface area contributed by atoms with Crippen LogP contribution in [0.4, 0.5) is 17.3 Å². The first-order chi connectivity index (χ1) is 20.7. The summed E-state index contributed by atoms with van der Waals surface area (Å²) in [6.45, 7) is 4.82. The zero-order chi connectivity index (χ0) is 29.7. The van der Waals surface area contributed by atoms with E-state index in [1.54, 1.807) is 7.11 Å². The number of sulfone groups is 1. The molecule has 4 N–H and O–H groups in total. The summed E-state index contributed by atoms with van der Waals surface area (Å²) in [4.78, 5) is 25.0. The van der Waals surface area contributed by atoms with Crippen molar-refractivity contribution in [1.82, 2.24) is 20.8 Å². The molecule has 2 aliphatic carbocycles. The van der Waals surface area contributed by atoms with E-state index in [2.05, 4.69) is 40.2 Å². The number of nitrogens with one attached hydrogen (secondary N) is 4. The van der Waals surface area contributed by atoms with Crippen LogP contribution in [-0.2, 0) is 20.0 Å². The number of carbonyl (C=O) groups is 1. The monoisotopic (exact) mass is 609 g/mol. The number of anilines is 3. The van der Waals surface area contributed by atoms with Gasteiger partial charge in [0.2, 0.25) is 11.7 Å². The van der Waals surface area contributed by atoms with Crippen molar-refractivity contribution in [2.75, 3.05) is 47.3 Å². The molecule has 0 radical (unpaired) electrons. The van der Waals surface area contributed by atoms with Crippen molar-refractivity contribution < 1.29 is 22.7 Å². The maximum absolute atomic E-state index is 13.2. The molecule has 2 saturated carbocycles. The second-order valence-corrected chi connectivity index (χ2v) is 15.6. The van der Waals surface area contributed by atoms with E-state index in [-0.39, 0.29) is 41.6 Å². The number of hydrogen-bond acceptors (Lipinski definition) is 11. The zero-order valence-corrected chi connectivity index (χ0v) is 25.5. The van der Waals surface area contributed by atoms with Gasteiger partial charge in [0.1, 0.15) is 18.2 Å². The van der Waals surface area contributed by atoms with Gasteiger partial charge in [0, 0.05) is 30.1 Å². The molecule has 0 bridgehead atoms. The van der Waals surface area contributed by atoms with Gasteiger partial charge in [-0.05, 0) is 61.3 Å². The lowest BCUT2D eigenvalue weighted by Gasteiger charge is -2.41. The van der Waals surface area contributed by atoms with Crippen molar-refractivity contribution in [3.8, 4) is 11.5 Å². The molecule has 8 rings (SSSR count). The Balaban J connectivity index is 0.997. The van der Waals surface area contributed by atoms with Gasteiger partial charge < -0.3 is 25.0 Å². The highest BCUT2D eigenvalue weighted by Gasteiger charge is 2.67. The molecule has 13 heteroatoms. The number of hydrazine groups is 1. The third-order valence-corrected chi connectivity index (χ3v) is 12.3.